The van der Waals surface area contributed by atoms with Crippen molar-refractivity contribution in [3.05, 3.63) is 11.6 Å². The number of aliphatic hydroxyl groups is 1. The van der Waals surface area contributed by atoms with Gasteiger partial charge in [-0.15, -0.1) is 0 Å². The van der Waals surface area contributed by atoms with Crippen LogP contribution in [0.15, 0.2) is 11.6 Å². The Morgan fingerprint density at radius 1 is 1.73 bits per heavy atom. The van der Waals surface area contributed by atoms with Crippen molar-refractivity contribution < 1.29 is 5.11 Å². The SMILES string of the molecule is CC(O)CCC1=CCNCC1. The average Bonchev–Trinajstić information content (AvgIpc) is 2.03. The van der Waals surface area contributed by atoms with Crippen molar-refractivity contribution in [2.75, 3.05) is 13.1 Å². The van der Waals surface area contributed by atoms with Gasteiger partial charge in [0.05, 0.1) is 6.10 Å². The Labute approximate surface area is 68.3 Å². The van der Waals surface area contributed by atoms with Crippen LogP contribution in [-0.2, 0) is 0 Å². The zero-order valence-electron chi connectivity index (χ0n) is 7.14. The second-order valence-electron chi connectivity index (χ2n) is 3.20. The summed E-state index contributed by atoms with van der Waals surface area (Å²) in [4.78, 5) is 0. The summed E-state index contributed by atoms with van der Waals surface area (Å²) >= 11 is 0. The molecule has 0 saturated carbocycles. The third kappa shape index (κ3) is 3.54. The van der Waals surface area contributed by atoms with Gasteiger partial charge in [-0.3, -0.25) is 0 Å². The number of nitrogens with one attached hydrogen (secondary N) is 1. The van der Waals surface area contributed by atoms with E-state index in [2.05, 4.69) is 11.4 Å². The minimum atomic E-state index is -0.147. The maximum atomic E-state index is 9.04. The number of hydrogen-bond acceptors (Lipinski definition) is 2. The van der Waals surface area contributed by atoms with E-state index in [-0.39, 0.29) is 6.10 Å². The summed E-state index contributed by atoms with van der Waals surface area (Å²) in [6.07, 6.45) is 5.23. The minimum Gasteiger partial charge on any atom is -0.393 e. The Morgan fingerprint density at radius 2 is 2.55 bits per heavy atom. The Bertz CT molecular complexity index is 140. The third-order valence-electron chi connectivity index (χ3n) is 2.04. The highest BCUT2D eigenvalue weighted by Crippen LogP contribution is 2.12. The van der Waals surface area contributed by atoms with Gasteiger partial charge in [0.2, 0.25) is 0 Å². The number of aliphatic hydroxyl groups excluding tert-OH is 1. The van der Waals surface area contributed by atoms with Crippen molar-refractivity contribution >= 4 is 0 Å². The largest absolute Gasteiger partial charge is 0.393 e. The highest BCUT2D eigenvalue weighted by atomic mass is 16.3. The molecule has 0 fully saturated rings. The normalized spacial score (nSPS) is 21.1. The van der Waals surface area contributed by atoms with E-state index in [0.717, 1.165) is 32.4 Å². The fraction of sp³-hybridized carbons (Fsp3) is 0.778. The first-order chi connectivity index (χ1) is 5.29. The fourth-order valence-corrected chi connectivity index (χ4v) is 1.29. The number of rotatable bonds is 3. The van der Waals surface area contributed by atoms with Crippen LogP contribution in [0.5, 0.6) is 0 Å². The Morgan fingerprint density at radius 3 is 3.09 bits per heavy atom. The van der Waals surface area contributed by atoms with Gasteiger partial charge in [-0.1, -0.05) is 11.6 Å². The highest BCUT2D eigenvalue weighted by Gasteiger charge is 2.03. The van der Waals surface area contributed by atoms with E-state index in [0.29, 0.717) is 0 Å². The molecule has 1 aliphatic heterocycles. The van der Waals surface area contributed by atoms with E-state index in [1.807, 2.05) is 6.92 Å². The topological polar surface area (TPSA) is 32.3 Å². The van der Waals surface area contributed by atoms with Crippen molar-refractivity contribution in [1.82, 2.24) is 5.32 Å². The molecule has 0 amide bonds. The van der Waals surface area contributed by atoms with Crippen molar-refractivity contribution in [2.45, 2.75) is 32.3 Å². The van der Waals surface area contributed by atoms with Crippen molar-refractivity contribution in [3.63, 3.8) is 0 Å². The van der Waals surface area contributed by atoms with Crippen LogP contribution >= 0.6 is 0 Å². The van der Waals surface area contributed by atoms with Crippen molar-refractivity contribution in [1.29, 1.82) is 0 Å². The van der Waals surface area contributed by atoms with Gasteiger partial charge in [0, 0.05) is 6.54 Å². The summed E-state index contributed by atoms with van der Waals surface area (Å²) in [6, 6.07) is 0. The molecule has 0 radical (unpaired) electrons. The molecular formula is C9H17NO. The van der Waals surface area contributed by atoms with E-state index in [9.17, 15) is 0 Å². The van der Waals surface area contributed by atoms with Crippen LogP contribution in [0.1, 0.15) is 26.2 Å². The first-order valence-electron chi connectivity index (χ1n) is 4.35. The van der Waals surface area contributed by atoms with Crippen LogP contribution in [0.3, 0.4) is 0 Å². The van der Waals surface area contributed by atoms with E-state index >= 15 is 0 Å². The second kappa shape index (κ2) is 4.52. The molecular weight excluding hydrogens is 138 g/mol. The van der Waals surface area contributed by atoms with Crippen LogP contribution in [0.2, 0.25) is 0 Å². The fourth-order valence-electron chi connectivity index (χ4n) is 1.29. The van der Waals surface area contributed by atoms with Gasteiger partial charge in [0.25, 0.3) is 0 Å². The molecule has 11 heavy (non-hydrogen) atoms. The Kier molecular flexibility index (Phi) is 3.60. The van der Waals surface area contributed by atoms with Crippen LogP contribution in [-0.4, -0.2) is 24.3 Å². The second-order valence-corrected chi connectivity index (χ2v) is 3.20. The molecule has 2 heteroatoms. The molecule has 0 bridgehead atoms. The first-order valence-corrected chi connectivity index (χ1v) is 4.35. The van der Waals surface area contributed by atoms with Gasteiger partial charge < -0.3 is 10.4 Å². The smallest absolute Gasteiger partial charge is 0.0515 e. The molecule has 0 spiro atoms. The monoisotopic (exact) mass is 155 g/mol. The molecule has 1 atom stereocenters. The molecule has 1 unspecified atom stereocenters. The lowest BCUT2D eigenvalue weighted by Crippen LogP contribution is -2.20. The van der Waals surface area contributed by atoms with Gasteiger partial charge in [0.15, 0.2) is 0 Å². The highest BCUT2D eigenvalue weighted by molar-refractivity contribution is 5.06. The van der Waals surface area contributed by atoms with Crippen molar-refractivity contribution in [3.8, 4) is 0 Å². The lowest BCUT2D eigenvalue weighted by molar-refractivity contribution is 0.184. The molecule has 1 rings (SSSR count). The molecule has 0 aromatic carbocycles. The Balaban J connectivity index is 2.19. The van der Waals surface area contributed by atoms with E-state index in [1.165, 1.54) is 5.57 Å². The Hall–Kier alpha value is -0.340. The van der Waals surface area contributed by atoms with Gasteiger partial charge in [-0.05, 0) is 32.7 Å². The summed E-state index contributed by atoms with van der Waals surface area (Å²) in [5, 5.41) is 12.3. The van der Waals surface area contributed by atoms with Gasteiger partial charge in [-0.2, -0.15) is 0 Å². The summed E-state index contributed by atoms with van der Waals surface area (Å²) in [5.74, 6) is 0. The average molecular weight is 155 g/mol. The summed E-state index contributed by atoms with van der Waals surface area (Å²) in [7, 11) is 0. The van der Waals surface area contributed by atoms with Crippen molar-refractivity contribution in [2.24, 2.45) is 0 Å². The molecule has 2 nitrogen and oxygen atoms in total. The lowest BCUT2D eigenvalue weighted by atomic mass is 10.0. The minimum absolute atomic E-state index is 0.147. The molecule has 0 aromatic heterocycles. The molecule has 1 aliphatic rings. The maximum absolute atomic E-state index is 9.04. The molecule has 64 valence electrons. The quantitative estimate of drug-likeness (QED) is 0.597. The van der Waals surface area contributed by atoms with Crippen LogP contribution in [0, 0.1) is 0 Å². The molecule has 2 N–H and O–H groups in total. The molecule has 1 heterocycles. The lowest BCUT2D eigenvalue weighted by Gasteiger charge is -2.14. The summed E-state index contributed by atoms with van der Waals surface area (Å²) in [5.41, 5.74) is 1.50. The molecule has 0 aromatic rings. The van der Waals surface area contributed by atoms with Gasteiger partial charge >= 0.3 is 0 Å². The van der Waals surface area contributed by atoms with Crippen LogP contribution in [0.4, 0.5) is 0 Å². The molecule has 0 aliphatic carbocycles. The van der Waals surface area contributed by atoms with Crippen LogP contribution < -0.4 is 5.32 Å². The predicted molar refractivity (Wildman–Crippen MR) is 46.5 cm³/mol. The van der Waals surface area contributed by atoms with Crippen LogP contribution in [0.25, 0.3) is 0 Å². The molecule has 0 saturated heterocycles. The van der Waals surface area contributed by atoms with Gasteiger partial charge in [0.1, 0.15) is 0 Å². The number of hydrogen-bond donors (Lipinski definition) is 2. The van der Waals surface area contributed by atoms with E-state index in [1.54, 1.807) is 0 Å². The summed E-state index contributed by atoms with van der Waals surface area (Å²) in [6.45, 7) is 3.96. The predicted octanol–water partition coefficient (Wildman–Crippen LogP) is 1.07. The zero-order valence-corrected chi connectivity index (χ0v) is 7.14. The van der Waals surface area contributed by atoms with Gasteiger partial charge in [-0.25, -0.2) is 0 Å². The van der Waals surface area contributed by atoms with E-state index in [4.69, 9.17) is 5.11 Å². The summed E-state index contributed by atoms with van der Waals surface area (Å²) < 4.78 is 0. The zero-order chi connectivity index (χ0) is 8.10. The third-order valence-corrected chi connectivity index (χ3v) is 2.04. The standard InChI is InChI=1S/C9H17NO/c1-8(11)2-3-9-4-6-10-7-5-9/h4,8,10-11H,2-3,5-7H2,1H3. The first kappa shape index (κ1) is 8.75. The maximum Gasteiger partial charge on any atom is 0.0515 e. The van der Waals surface area contributed by atoms with E-state index < -0.39 is 0 Å².